The molecule has 1 aliphatic heterocycles. The van der Waals surface area contributed by atoms with Gasteiger partial charge in [0.2, 0.25) is 5.91 Å². The molecule has 3 aromatic rings. The number of benzene rings is 2. The van der Waals surface area contributed by atoms with Crippen LogP contribution in [0.3, 0.4) is 0 Å². The number of aromatic nitrogens is 2. The van der Waals surface area contributed by atoms with Gasteiger partial charge in [0.1, 0.15) is 0 Å². The minimum absolute atomic E-state index is 0.157. The van der Waals surface area contributed by atoms with E-state index in [0.717, 1.165) is 34.5 Å². The van der Waals surface area contributed by atoms with Gasteiger partial charge in [-0.05, 0) is 47.5 Å². The summed E-state index contributed by atoms with van der Waals surface area (Å²) < 4.78 is 40.4. The second kappa shape index (κ2) is 7.37. The number of carbonyl (C=O) groups excluding carboxylic acids is 1. The number of anilines is 2. The molecule has 0 spiro atoms. The Morgan fingerprint density at radius 1 is 1.17 bits per heavy atom. The third-order valence-corrected chi connectivity index (χ3v) is 5.06. The summed E-state index contributed by atoms with van der Waals surface area (Å²) in [6.07, 6.45) is 0.448. The molecule has 8 heteroatoms. The van der Waals surface area contributed by atoms with Gasteiger partial charge in [0, 0.05) is 43.3 Å². The molecule has 1 amide bonds. The summed E-state index contributed by atoms with van der Waals surface area (Å²) in [5, 5.41) is 3.21. The lowest BCUT2D eigenvalue weighted by atomic mass is 9.99. The molecule has 0 aliphatic carbocycles. The number of alkyl halides is 3. The maximum atomic E-state index is 12.8. The number of rotatable bonds is 4. The van der Waals surface area contributed by atoms with Crippen LogP contribution in [0.25, 0.3) is 11.3 Å². The molecular formula is C22H19F3N4O. The van der Waals surface area contributed by atoms with Crippen molar-refractivity contribution in [2.75, 3.05) is 5.32 Å². The van der Waals surface area contributed by atoms with Crippen molar-refractivity contribution in [3.63, 3.8) is 0 Å². The summed E-state index contributed by atoms with van der Waals surface area (Å²) in [5.74, 6) is -0.157. The Morgan fingerprint density at radius 3 is 2.50 bits per heavy atom. The van der Waals surface area contributed by atoms with Crippen LogP contribution in [-0.4, -0.2) is 20.4 Å². The molecule has 0 saturated carbocycles. The van der Waals surface area contributed by atoms with Gasteiger partial charge in [0.15, 0.2) is 0 Å². The summed E-state index contributed by atoms with van der Waals surface area (Å²) in [6.45, 7) is 4.43. The lowest BCUT2D eigenvalue weighted by Crippen LogP contribution is -2.22. The second-order valence-corrected chi connectivity index (χ2v) is 7.15. The van der Waals surface area contributed by atoms with Crippen LogP contribution in [0.1, 0.15) is 16.7 Å². The summed E-state index contributed by atoms with van der Waals surface area (Å²) in [6, 6.07) is 8.66. The molecule has 30 heavy (non-hydrogen) atoms. The summed E-state index contributed by atoms with van der Waals surface area (Å²) in [4.78, 5) is 18.2. The van der Waals surface area contributed by atoms with Crippen molar-refractivity contribution in [1.82, 2.24) is 14.5 Å². The third kappa shape index (κ3) is 3.68. The quantitative estimate of drug-likeness (QED) is 0.622. The smallest absolute Gasteiger partial charge is 0.355 e. The molecule has 0 unspecified atom stereocenters. The van der Waals surface area contributed by atoms with Gasteiger partial charge >= 0.3 is 6.18 Å². The standard InChI is InChI=1S/C22H19F3N4O/c1-3-20(30)29-10-14-4-9-18(21(17(14)11-29)19-12-28(2)13-26-19)27-16-7-5-15(6-8-16)22(23,24)25/h3-9,12-13,27H,1,10-11H2,2H3. The molecule has 0 saturated heterocycles. The van der Waals surface area contributed by atoms with Gasteiger partial charge in [-0.1, -0.05) is 12.6 Å². The topological polar surface area (TPSA) is 50.2 Å². The van der Waals surface area contributed by atoms with Crippen molar-refractivity contribution >= 4 is 17.3 Å². The zero-order valence-electron chi connectivity index (χ0n) is 16.2. The zero-order chi connectivity index (χ0) is 21.5. The molecular weight excluding hydrogens is 393 g/mol. The summed E-state index contributed by atoms with van der Waals surface area (Å²) >= 11 is 0. The van der Waals surface area contributed by atoms with Crippen molar-refractivity contribution in [2.24, 2.45) is 7.05 Å². The van der Waals surface area contributed by atoms with E-state index in [-0.39, 0.29) is 5.91 Å². The van der Waals surface area contributed by atoms with Crippen LogP contribution in [-0.2, 0) is 31.1 Å². The zero-order valence-corrected chi connectivity index (χ0v) is 16.2. The number of imidazole rings is 1. The Labute approximate surface area is 171 Å². The van der Waals surface area contributed by atoms with Gasteiger partial charge in [-0.3, -0.25) is 4.79 Å². The van der Waals surface area contributed by atoms with E-state index in [1.54, 1.807) is 11.2 Å². The first-order chi connectivity index (χ1) is 14.3. The number of halogens is 3. The van der Waals surface area contributed by atoms with E-state index in [1.165, 1.54) is 18.2 Å². The highest BCUT2D eigenvalue weighted by Gasteiger charge is 2.30. The van der Waals surface area contributed by atoms with Crippen LogP contribution in [0, 0.1) is 0 Å². The number of amides is 1. The number of hydrogen-bond donors (Lipinski definition) is 1. The Bertz CT molecular complexity index is 1120. The van der Waals surface area contributed by atoms with Crippen molar-refractivity contribution < 1.29 is 18.0 Å². The average molecular weight is 412 g/mol. The molecule has 0 fully saturated rings. The van der Waals surface area contributed by atoms with Gasteiger partial charge in [-0.25, -0.2) is 4.98 Å². The number of nitrogens with one attached hydrogen (secondary N) is 1. The van der Waals surface area contributed by atoms with E-state index in [9.17, 15) is 18.0 Å². The minimum Gasteiger partial charge on any atom is -0.355 e. The molecule has 5 nitrogen and oxygen atoms in total. The first kappa shape index (κ1) is 19.8. The largest absolute Gasteiger partial charge is 0.416 e. The Hall–Kier alpha value is -3.55. The van der Waals surface area contributed by atoms with Crippen LogP contribution in [0.15, 0.2) is 61.6 Å². The SMILES string of the molecule is C=CC(=O)N1Cc2ccc(Nc3ccc(C(F)(F)F)cc3)c(-c3cn(C)cn3)c2C1. The van der Waals surface area contributed by atoms with Gasteiger partial charge in [0.05, 0.1) is 17.6 Å². The monoisotopic (exact) mass is 412 g/mol. The predicted octanol–water partition coefficient (Wildman–Crippen LogP) is 4.88. The lowest BCUT2D eigenvalue weighted by Gasteiger charge is -2.16. The molecule has 154 valence electrons. The molecule has 4 rings (SSSR count). The molecule has 2 aromatic carbocycles. The van der Waals surface area contributed by atoms with Crippen LogP contribution < -0.4 is 5.32 Å². The van der Waals surface area contributed by atoms with E-state index >= 15 is 0 Å². The number of aryl methyl sites for hydroxylation is 1. The molecule has 0 bridgehead atoms. The van der Waals surface area contributed by atoms with E-state index in [2.05, 4.69) is 16.9 Å². The van der Waals surface area contributed by atoms with E-state index in [0.29, 0.717) is 24.5 Å². The van der Waals surface area contributed by atoms with Crippen LogP contribution in [0.2, 0.25) is 0 Å². The fourth-order valence-electron chi connectivity index (χ4n) is 3.59. The average Bonchev–Trinajstić information content (AvgIpc) is 3.33. The van der Waals surface area contributed by atoms with Crippen molar-refractivity contribution in [3.05, 3.63) is 78.3 Å². The van der Waals surface area contributed by atoms with Crippen molar-refractivity contribution in [2.45, 2.75) is 19.3 Å². The Kier molecular flexibility index (Phi) is 4.85. The fourth-order valence-corrected chi connectivity index (χ4v) is 3.59. The lowest BCUT2D eigenvalue weighted by molar-refractivity contribution is -0.137. The van der Waals surface area contributed by atoms with Gasteiger partial charge in [-0.2, -0.15) is 13.2 Å². The van der Waals surface area contributed by atoms with Crippen molar-refractivity contribution in [1.29, 1.82) is 0 Å². The van der Waals surface area contributed by atoms with Gasteiger partial charge < -0.3 is 14.8 Å². The molecule has 1 N–H and O–H groups in total. The first-order valence-corrected chi connectivity index (χ1v) is 9.25. The van der Waals surface area contributed by atoms with E-state index in [1.807, 2.05) is 29.9 Å². The molecule has 2 heterocycles. The van der Waals surface area contributed by atoms with Crippen LogP contribution in [0.4, 0.5) is 24.5 Å². The van der Waals surface area contributed by atoms with E-state index < -0.39 is 11.7 Å². The number of fused-ring (bicyclic) bond motifs is 1. The highest BCUT2D eigenvalue weighted by atomic mass is 19.4. The normalized spacial score (nSPS) is 13.3. The molecule has 1 aliphatic rings. The number of carbonyl (C=O) groups is 1. The Balaban J connectivity index is 1.74. The maximum Gasteiger partial charge on any atom is 0.416 e. The first-order valence-electron chi connectivity index (χ1n) is 9.25. The fraction of sp³-hybridized carbons (Fsp3) is 0.182. The number of hydrogen-bond acceptors (Lipinski definition) is 3. The van der Waals surface area contributed by atoms with Crippen LogP contribution >= 0.6 is 0 Å². The molecule has 0 radical (unpaired) electrons. The van der Waals surface area contributed by atoms with Gasteiger partial charge in [-0.15, -0.1) is 0 Å². The van der Waals surface area contributed by atoms with E-state index in [4.69, 9.17) is 0 Å². The summed E-state index contributed by atoms with van der Waals surface area (Å²) in [5.41, 5.74) is 4.04. The summed E-state index contributed by atoms with van der Waals surface area (Å²) in [7, 11) is 1.86. The second-order valence-electron chi connectivity index (χ2n) is 7.15. The Morgan fingerprint density at radius 2 is 1.90 bits per heavy atom. The molecule has 1 aromatic heterocycles. The predicted molar refractivity (Wildman–Crippen MR) is 108 cm³/mol. The highest BCUT2D eigenvalue weighted by molar-refractivity contribution is 5.89. The van der Waals surface area contributed by atoms with Crippen LogP contribution in [0.5, 0.6) is 0 Å². The van der Waals surface area contributed by atoms with Gasteiger partial charge in [0.25, 0.3) is 0 Å². The minimum atomic E-state index is -4.38. The highest BCUT2D eigenvalue weighted by Crippen LogP contribution is 2.39. The third-order valence-electron chi connectivity index (χ3n) is 5.06. The molecule has 0 atom stereocenters. The maximum absolute atomic E-state index is 12.8. The van der Waals surface area contributed by atoms with Crippen molar-refractivity contribution in [3.8, 4) is 11.3 Å². The number of nitrogens with zero attached hydrogens (tertiary/aromatic N) is 3.